The summed E-state index contributed by atoms with van der Waals surface area (Å²) < 4.78 is 52.8. The van der Waals surface area contributed by atoms with Crippen LogP contribution in [0.3, 0.4) is 0 Å². The van der Waals surface area contributed by atoms with Crippen LogP contribution in [-0.2, 0) is 16.6 Å². The summed E-state index contributed by atoms with van der Waals surface area (Å²) in [6.07, 6.45) is 0.913. The van der Waals surface area contributed by atoms with Gasteiger partial charge in [-0.1, -0.05) is 0 Å². The van der Waals surface area contributed by atoms with Gasteiger partial charge in [-0.2, -0.15) is 0 Å². The normalized spacial score (nSPS) is 14.2. The number of benzene rings is 1. The fourth-order valence-electron chi connectivity index (χ4n) is 2.25. The summed E-state index contributed by atoms with van der Waals surface area (Å²) in [6, 6.07) is 6.61. The Morgan fingerprint density at radius 3 is 2.63 bits per heavy atom. The lowest BCUT2D eigenvalue weighted by atomic mass is 10.2. The predicted octanol–water partition coefficient (Wildman–Crippen LogP) is -0.183. The fraction of sp³-hybridized carbons (Fsp3) is 0.200. The molecule has 0 amide bonds. The molecular formula is C15H16F2N6O3S. The number of hydrogen-bond acceptors (Lipinski definition) is 8. The van der Waals surface area contributed by atoms with Crippen molar-refractivity contribution in [2.24, 2.45) is 5.10 Å². The van der Waals surface area contributed by atoms with Gasteiger partial charge < -0.3 is 5.11 Å². The number of hydrazone groups is 1. The van der Waals surface area contributed by atoms with E-state index in [0.29, 0.717) is 11.4 Å². The SMILES string of the molecule is O=S(=O)(NCCO)c1ccc(C2=NN(Cc3ncc(F)cc3F)NN2)cc1. The fourth-order valence-corrected chi connectivity index (χ4v) is 3.27. The molecule has 4 N–H and O–H groups in total. The lowest BCUT2D eigenvalue weighted by molar-refractivity contribution is 0.191. The lowest BCUT2D eigenvalue weighted by Crippen LogP contribution is -2.38. The molecular weight excluding hydrogens is 382 g/mol. The third kappa shape index (κ3) is 4.54. The van der Waals surface area contributed by atoms with E-state index in [1.54, 1.807) is 12.1 Å². The van der Waals surface area contributed by atoms with Crippen molar-refractivity contribution in [3.8, 4) is 0 Å². The molecule has 1 aliphatic rings. The summed E-state index contributed by atoms with van der Waals surface area (Å²) in [5, 5.41) is 14.2. The van der Waals surface area contributed by atoms with Crippen LogP contribution in [0.5, 0.6) is 0 Å². The number of amidine groups is 1. The van der Waals surface area contributed by atoms with Crippen LogP contribution in [0.4, 0.5) is 8.78 Å². The van der Waals surface area contributed by atoms with Gasteiger partial charge in [-0.05, 0) is 24.3 Å². The summed E-state index contributed by atoms with van der Waals surface area (Å²) in [6.45, 7) is -0.436. The van der Waals surface area contributed by atoms with Crippen LogP contribution >= 0.6 is 0 Å². The minimum Gasteiger partial charge on any atom is -0.395 e. The highest BCUT2D eigenvalue weighted by Crippen LogP contribution is 2.13. The van der Waals surface area contributed by atoms with E-state index in [9.17, 15) is 17.2 Å². The average Bonchev–Trinajstić information content (AvgIpc) is 3.11. The molecule has 27 heavy (non-hydrogen) atoms. The van der Waals surface area contributed by atoms with Gasteiger partial charge in [-0.25, -0.2) is 27.0 Å². The Kier molecular flexibility index (Phi) is 5.60. The van der Waals surface area contributed by atoms with Crippen LogP contribution < -0.4 is 15.7 Å². The first-order chi connectivity index (χ1) is 12.9. The number of nitrogens with one attached hydrogen (secondary N) is 3. The van der Waals surface area contributed by atoms with Gasteiger partial charge in [0.25, 0.3) is 0 Å². The van der Waals surface area contributed by atoms with Crippen LogP contribution in [-0.4, -0.2) is 42.6 Å². The second kappa shape index (κ2) is 7.92. The lowest BCUT2D eigenvalue weighted by Gasteiger charge is -2.12. The highest BCUT2D eigenvalue weighted by atomic mass is 32.2. The molecule has 2 heterocycles. The number of aromatic nitrogens is 1. The van der Waals surface area contributed by atoms with Crippen molar-refractivity contribution in [2.75, 3.05) is 13.2 Å². The molecule has 1 aromatic carbocycles. The van der Waals surface area contributed by atoms with Crippen molar-refractivity contribution < 1.29 is 22.3 Å². The van der Waals surface area contributed by atoms with Gasteiger partial charge in [-0.3, -0.25) is 10.4 Å². The molecule has 0 unspecified atom stereocenters. The van der Waals surface area contributed by atoms with Gasteiger partial charge in [0.05, 0.1) is 23.4 Å². The van der Waals surface area contributed by atoms with Gasteiger partial charge in [0.15, 0.2) is 5.84 Å². The number of hydrazine groups is 2. The monoisotopic (exact) mass is 398 g/mol. The zero-order valence-corrected chi connectivity index (χ0v) is 14.7. The standard InChI is InChI=1S/C15H16F2N6O3S/c16-11-7-13(17)14(18-8-11)9-23-21-15(20-22-23)10-1-3-12(4-2-10)27(25,26)19-5-6-24/h1-4,7-8,19,22,24H,5-6,9H2,(H,20,21). The molecule has 0 atom stereocenters. The van der Waals surface area contributed by atoms with Crippen molar-refractivity contribution in [1.29, 1.82) is 0 Å². The molecule has 1 aromatic heterocycles. The third-order valence-corrected chi connectivity index (χ3v) is 5.03. The maximum Gasteiger partial charge on any atom is 0.240 e. The molecule has 9 nitrogen and oxygen atoms in total. The largest absolute Gasteiger partial charge is 0.395 e. The molecule has 0 fully saturated rings. The van der Waals surface area contributed by atoms with Gasteiger partial charge >= 0.3 is 0 Å². The zero-order chi connectivity index (χ0) is 19.4. The van der Waals surface area contributed by atoms with Crippen molar-refractivity contribution in [3.05, 3.63) is 59.4 Å². The Labute approximate surface area is 153 Å². The number of aliphatic hydroxyl groups is 1. The van der Waals surface area contributed by atoms with Gasteiger partial charge in [0, 0.05) is 18.2 Å². The Bertz CT molecular complexity index is 953. The van der Waals surface area contributed by atoms with E-state index >= 15 is 0 Å². The van der Waals surface area contributed by atoms with Gasteiger partial charge in [-0.15, -0.1) is 10.6 Å². The molecule has 0 saturated heterocycles. The highest BCUT2D eigenvalue weighted by molar-refractivity contribution is 7.89. The predicted molar refractivity (Wildman–Crippen MR) is 91.2 cm³/mol. The zero-order valence-electron chi connectivity index (χ0n) is 13.9. The van der Waals surface area contributed by atoms with Crippen molar-refractivity contribution in [3.63, 3.8) is 0 Å². The Morgan fingerprint density at radius 1 is 1.22 bits per heavy atom. The molecule has 0 radical (unpaired) electrons. The quantitative estimate of drug-likeness (QED) is 0.511. The van der Waals surface area contributed by atoms with Crippen LogP contribution in [0.2, 0.25) is 0 Å². The maximum absolute atomic E-state index is 13.7. The molecule has 0 bridgehead atoms. The number of rotatable bonds is 7. The van der Waals surface area contributed by atoms with E-state index in [4.69, 9.17) is 5.11 Å². The highest BCUT2D eigenvalue weighted by Gasteiger charge is 2.19. The Hall–Kier alpha value is -2.67. The molecule has 144 valence electrons. The molecule has 0 aliphatic carbocycles. The summed E-state index contributed by atoms with van der Waals surface area (Å²) in [5.74, 6) is -1.17. The number of halogens is 2. The van der Waals surface area contributed by atoms with Gasteiger partial charge in [0.2, 0.25) is 10.0 Å². The summed E-state index contributed by atoms with van der Waals surface area (Å²) in [7, 11) is -3.70. The van der Waals surface area contributed by atoms with E-state index in [2.05, 4.69) is 25.8 Å². The number of hydrogen-bond donors (Lipinski definition) is 4. The minimum absolute atomic E-state index is 0.00657. The Balaban J connectivity index is 1.71. The third-order valence-electron chi connectivity index (χ3n) is 3.55. The molecule has 0 saturated carbocycles. The molecule has 2 aromatic rings. The number of sulfonamides is 1. The van der Waals surface area contributed by atoms with Crippen molar-refractivity contribution >= 4 is 15.9 Å². The molecule has 1 aliphatic heterocycles. The van der Waals surface area contributed by atoms with E-state index < -0.39 is 21.7 Å². The number of pyridine rings is 1. The molecule has 0 spiro atoms. The first-order valence-electron chi connectivity index (χ1n) is 7.78. The van der Waals surface area contributed by atoms with E-state index in [-0.39, 0.29) is 30.3 Å². The van der Waals surface area contributed by atoms with E-state index in [1.807, 2.05) is 0 Å². The summed E-state index contributed by atoms with van der Waals surface area (Å²) in [5.41, 5.74) is 6.05. The van der Waals surface area contributed by atoms with Crippen LogP contribution in [0.25, 0.3) is 0 Å². The topological polar surface area (TPSA) is 119 Å². The Morgan fingerprint density at radius 2 is 1.96 bits per heavy atom. The average molecular weight is 398 g/mol. The molecule has 12 heteroatoms. The van der Waals surface area contributed by atoms with Gasteiger partial charge in [0.1, 0.15) is 18.2 Å². The second-order valence-corrected chi connectivity index (χ2v) is 7.24. The van der Waals surface area contributed by atoms with E-state index in [0.717, 1.165) is 12.3 Å². The smallest absolute Gasteiger partial charge is 0.240 e. The minimum atomic E-state index is -3.70. The first-order valence-corrected chi connectivity index (χ1v) is 9.26. The van der Waals surface area contributed by atoms with Crippen molar-refractivity contribution in [1.82, 2.24) is 25.8 Å². The van der Waals surface area contributed by atoms with E-state index in [1.165, 1.54) is 17.3 Å². The summed E-state index contributed by atoms with van der Waals surface area (Å²) >= 11 is 0. The van der Waals surface area contributed by atoms with Crippen LogP contribution in [0.1, 0.15) is 11.3 Å². The summed E-state index contributed by atoms with van der Waals surface area (Å²) in [4.78, 5) is 3.72. The van der Waals surface area contributed by atoms with Crippen molar-refractivity contribution in [2.45, 2.75) is 11.4 Å². The molecule has 3 rings (SSSR count). The van der Waals surface area contributed by atoms with Crippen LogP contribution in [0, 0.1) is 11.6 Å². The first kappa shape index (κ1) is 19.1. The number of nitrogens with zero attached hydrogens (tertiary/aromatic N) is 3. The maximum atomic E-state index is 13.7. The van der Waals surface area contributed by atoms with Crippen LogP contribution in [0.15, 0.2) is 46.5 Å². The number of aliphatic hydroxyl groups excluding tert-OH is 1. The second-order valence-electron chi connectivity index (χ2n) is 5.47.